The van der Waals surface area contributed by atoms with Crippen molar-refractivity contribution in [3.05, 3.63) is 12.2 Å². The van der Waals surface area contributed by atoms with Crippen LogP contribution in [0.4, 0.5) is 0 Å². The van der Waals surface area contributed by atoms with Crippen molar-refractivity contribution < 1.29 is 9.53 Å². The molecular formula is C11H18O2. The minimum Gasteiger partial charge on any atom is -0.366 e. The summed E-state index contributed by atoms with van der Waals surface area (Å²) < 4.78 is 5.51. The van der Waals surface area contributed by atoms with Gasteiger partial charge in [-0.05, 0) is 25.7 Å². The van der Waals surface area contributed by atoms with Gasteiger partial charge in [-0.1, -0.05) is 19.1 Å². The predicted molar refractivity (Wildman–Crippen MR) is 52.6 cm³/mol. The van der Waals surface area contributed by atoms with Crippen LogP contribution in [0.25, 0.3) is 0 Å². The molecule has 0 radical (unpaired) electrons. The van der Waals surface area contributed by atoms with Crippen molar-refractivity contribution in [3.63, 3.8) is 0 Å². The largest absolute Gasteiger partial charge is 0.366 e. The second kappa shape index (κ2) is 5.18. The maximum atomic E-state index is 11.4. The quantitative estimate of drug-likeness (QED) is 0.626. The van der Waals surface area contributed by atoms with Gasteiger partial charge in [-0.25, -0.2) is 0 Å². The molecule has 1 aliphatic rings. The Morgan fingerprint density at radius 3 is 3.00 bits per heavy atom. The molecule has 2 nitrogen and oxygen atoms in total. The first kappa shape index (κ1) is 10.5. The average Bonchev–Trinajstić information content (AvgIpc) is 2.10. The maximum absolute atomic E-state index is 11.4. The number of carbonyl (C=O) groups is 1. The number of hydrogen-bond acceptors (Lipinski definition) is 2. The van der Waals surface area contributed by atoms with Gasteiger partial charge in [-0.2, -0.15) is 0 Å². The molecule has 0 unspecified atom stereocenters. The third kappa shape index (κ3) is 2.96. The van der Waals surface area contributed by atoms with Gasteiger partial charge in [0.15, 0.2) is 5.78 Å². The number of ether oxygens (including phenoxy) is 1. The Morgan fingerprint density at radius 2 is 2.38 bits per heavy atom. The highest BCUT2D eigenvalue weighted by Crippen LogP contribution is 2.23. The zero-order chi connectivity index (χ0) is 9.68. The summed E-state index contributed by atoms with van der Waals surface area (Å²) in [6, 6.07) is 0. The monoisotopic (exact) mass is 182 g/mol. The number of Topliss-reactive ketones (excluding diaryl/α,β-unsaturated/α-hetero) is 1. The Balaban J connectivity index is 2.39. The summed E-state index contributed by atoms with van der Waals surface area (Å²) in [5.74, 6) is 0.676. The van der Waals surface area contributed by atoms with E-state index in [1.165, 1.54) is 0 Å². The van der Waals surface area contributed by atoms with E-state index in [-0.39, 0.29) is 11.9 Å². The van der Waals surface area contributed by atoms with Crippen LogP contribution in [-0.2, 0) is 9.53 Å². The van der Waals surface area contributed by atoms with Crippen molar-refractivity contribution in [2.75, 3.05) is 6.61 Å². The zero-order valence-electron chi connectivity index (χ0n) is 8.45. The lowest BCUT2D eigenvalue weighted by Crippen LogP contribution is -2.34. The van der Waals surface area contributed by atoms with Crippen LogP contribution in [0.2, 0.25) is 0 Å². The summed E-state index contributed by atoms with van der Waals surface area (Å²) in [6.07, 6.45) is 6.58. The topological polar surface area (TPSA) is 26.3 Å². The molecule has 0 spiro atoms. The molecule has 0 saturated heterocycles. The van der Waals surface area contributed by atoms with Crippen LogP contribution in [0.3, 0.4) is 0 Å². The molecule has 1 aliphatic carbocycles. The van der Waals surface area contributed by atoms with E-state index in [4.69, 9.17) is 4.74 Å². The molecule has 0 amide bonds. The van der Waals surface area contributed by atoms with E-state index in [2.05, 4.69) is 6.92 Å². The minimum absolute atomic E-state index is 0.148. The van der Waals surface area contributed by atoms with Gasteiger partial charge in [-0.3, -0.25) is 4.79 Å². The predicted octanol–water partition coefficient (Wildman–Crippen LogP) is 2.34. The fraction of sp³-hybridized carbons (Fsp3) is 0.727. The Labute approximate surface area is 80.0 Å². The van der Waals surface area contributed by atoms with Crippen LogP contribution in [-0.4, -0.2) is 18.5 Å². The van der Waals surface area contributed by atoms with E-state index in [0.29, 0.717) is 18.9 Å². The van der Waals surface area contributed by atoms with Crippen LogP contribution in [0.15, 0.2) is 12.2 Å². The summed E-state index contributed by atoms with van der Waals surface area (Å²) in [6.45, 7) is 4.62. The first-order valence-corrected chi connectivity index (χ1v) is 5.01. The van der Waals surface area contributed by atoms with E-state index in [1.54, 1.807) is 0 Å². The standard InChI is InChI=1S/C11H18O2/c1-3-4-8-13-11-9(2)6-5-7-10(11)12/h3-4,9,11H,5-8H2,1-2H3/b4-3-/t9-,11+/m0/s1. The van der Waals surface area contributed by atoms with E-state index in [9.17, 15) is 4.79 Å². The number of allylic oxidation sites excluding steroid dienone is 1. The normalized spacial score (nSPS) is 29.8. The van der Waals surface area contributed by atoms with E-state index >= 15 is 0 Å². The van der Waals surface area contributed by atoms with Gasteiger partial charge in [0.1, 0.15) is 6.10 Å². The van der Waals surface area contributed by atoms with Crippen molar-refractivity contribution in [3.8, 4) is 0 Å². The fourth-order valence-corrected chi connectivity index (χ4v) is 1.72. The highest BCUT2D eigenvalue weighted by Gasteiger charge is 2.28. The fourth-order valence-electron chi connectivity index (χ4n) is 1.72. The molecule has 2 atom stereocenters. The molecule has 1 saturated carbocycles. The van der Waals surface area contributed by atoms with Crippen molar-refractivity contribution in [1.29, 1.82) is 0 Å². The SMILES string of the molecule is C/C=C\CO[C@H]1C(=O)CCC[C@@H]1C. The smallest absolute Gasteiger partial charge is 0.161 e. The average molecular weight is 182 g/mol. The summed E-state index contributed by atoms with van der Waals surface area (Å²) in [4.78, 5) is 11.4. The van der Waals surface area contributed by atoms with E-state index in [1.807, 2.05) is 19.1 Å². The van der Waals surface area contributed by atoms with Crippen LogP contribution >= 0.6 is 0 Å². The first-order valence-electron chi connectivity index (χ1n) is 5.01. The molecule has 2 heteroatoms. The molecular weight excluding hydrogens is 164 g/mol. The molecule has 0 aliphatic heterocycles. The molecule has 0 bridgehead atoms. The summed E-state index contributed by atoms with van der Waals surface area (Å²) in [5, 5.41) is 0. The summed E-state index contributed by atoms with van der Waals surface area (Å²) in [7, 11) is 0. The van der Waals surface area contributed by atoms with Crippen LogP contribution < -0.4 is 0 Å². The number of rotatable bonds is 3. The van der Waals surface area contributed by atoms with Crippen LogP contribution in [0.1, 0.15) is 33.1 Å². The second-order valence-corrected chi connectivity index (χ2v) is 3.66. The molecule has 0 aromatic carbocycles. The van der Waals surface area contributed by atoms with E-state index in [0.717, 1.165) is 12.8 Å². The van der Waals surface area contributed by atoms with Gasteiger partial charge >= 0.3 is 0 Å². The van der Waals surface area contributed by atoms with Gasteiger partial charge in [0.25, 0.3) is 0 Å². The first-order chi connectivity index (χ1) is 6.25. The zero-order valence-corrected chi connectivity index (χ0v) is 8.45. The van der Waals surface area contributed by atoms with Crippen LogP contribution in [0, 0.1) is 5.92 Å². The summed E-state index contributed by atoms with van der Waals surface area (Å²) >= 11 is 0. The van der Waals surface area contributed by atoms with Gasteiger partial charge < -0.3 is 4.74 Å². The molecule has 1 fully saturated rings. The highest BCUT2D eigenvalue weighted by molar-refractivity contribution is 5.84. The van der Waals surface area contributed by atoms with Gasteiger partial charge in [0, 0.05) is 6.42 Å². The van der Waals surface area contributed by atoms with Crippen molar-refractivity contribution in [1.82, 2.24) is 0 Å². The Morgan fingerprint density at radius 1 is 1.62 bits per heavy atom. The van der Waals surface area contributed by atoms with Crippen molar-refractivity contribution in [2.45, 2.75) is 39.2 Å². The Kier molecular flexibility index (Phi) is 4.16. The summed E-state index contributed by atoms with van der Waals surface area (Å²) in [5.41, 5.74) is 0. The molecule has 74 valence electrons. The third-order valence-corrected chi connectivity index (χ3v) is 2.52. The number of ketones is 1. The molecule has 0 aromatic heterocycles. The van der Waals surface area contributed by atoms with E-state index < -0.39 is 0 Å². The van der Waals surface area contributed by atoms with Gasteiger partial charge in [0.05, 0.1) is 6.61 Å². The molecule has 13 heavy (non-hydrogen) atoms. The third-order valence-electron chi connectivity index (χ3n) is 2.52. The maximum Gasteiger partial charge on any atom is 0.161 e. The van der Waals surface area contributed by atoms with Gasteiger partial charge in [-0.15, -0.1) is 0 Å². The molecule has 0 aromatic rings. The van der Waals surface area contributed by atoms with Crippen molar-refractivity contribution >= 4 is 5.78 Å². The van der Waals surface area contributed by atoms with Crippen molar-refractivity contribution in [2.24, 2.45) is 5.92 Å². The van der Waals surface area contributed by atoms with Crippen LogP contribution in [0.5, 0.6) is 0 Å². The highest BCUT2D eigenvalue weighted by atomic mass is 16.5. The molecule has 1 rings (SSSR count). The molecule has 0 N–H and O–H groups in total. The Bertz CT molecular complexity index is 196. The van der Waals surface area contributed by atoms with Gasteiger partial charge in [0.2, 0.25) is 0 Å². The lowest BCUT2D eigenvalue weighted by molar-refractivity contribution is -0.135. The number of hydrogen-bond donors (Lipinski definition) is 0. The second-order valence-electron chi connectivity index (χ2n) is 3.66. The Hall–Kier alpha value is -0.630. The minimum atomic E-state index is -0.148. The lowest BCUT2D eigenvalue weighted by atomic mass is 9.87. The lowest BCUT2D eigenvalue weighted by Gasteiger charge is -2.26. The number of carbonyl (C=O) groups excluding carboxylic acids is 1. The molecule has 0 heterocycles.